The van der Waals surface area contributed by atoms with Gasteiger partial charge in [-0.1, -0.05) is 31.4 Å². The van der Waals surface area contributed by atoms with E-state index in [1.807, 2.05) is 12.2 Å². The van der Waals surface area contributed by atoms with Crippen molar-refractivity contribution < 1.29 is 74.0 Å². The molecule has 4 amide bonds. The lowest BCUT2D eigenvalue weighted by molar-refractivity contribution is -0.146. The minimum absolute atomic E-state index is 0.000883. The summed E-state index contributed by atoms with van der Waals surface area (Å²) in [5, 5.41) is 9.37. The van der Waals surface area contributed by atoms with Crippen molar-refractivity contribution in [2.24, 2.45) is 0 Å². The van der Waals surface area contributed by atoms with Gasteiger partial charge in [0.05, 0.1) is 43.2 Å². The number of esters is 1. The number of rotatable bonds is 14. The topological polar surface area (TPSA) is 243 Å². The summed E-state index contributed by atoms with van der Waals surface area (Å²) in [4.78, 5) is 71.4. The number of urea groups is 1. The molecule has 0 atom stereocenters. The van der Waals surface area contributed by atoms with E-state index in [1.54, 1.807) is 0 Å². The lowest BCUT2D eigenvalue weighted by atomic mass is 9.93. The van der Waals surface area contributed by atoms with Crippen LogP contribution in [0.5, 0.6) is 17.5 Å². The quantitative estimate of drug-likeness (QED) is 0.0789. The normalized spacial score (nSPS) is 13.9. The van der Waals surface area contributed by atoms with E-state index in [-0.39, 0.29) is 28.2 Å². The Morgan fingerprint density at radius 1 is 0.949 bits per heavy atom. The molecule has 0 fully saturated rings. The number of aromatic carboxylic acids is 1. The van der Waals surface area contributed by atoms with Crippen molar-refractivity contribution in [3.63, 3.8) is 0 Å². The number of sulfonamides is 1. The molecule has 59 heavy (non-hydrogen) atoms. The molecule has 0 bridgehead atoms. The lowest BCUT2D eigenvalue weighted by Gasteiger charge is -2.18. The molecule has 5 rings (SSSR count). The second kappa shape index (κ2) is 19.6. The zero-order valence-electron chi connectivity index (χ0n) is 31.3. The molecule has 0 saturated carbocycles. The number of halogens is 5. The van der Waals surface area contributed by atoms with Crippen LogP contribution in [-0.4, -0.2) is 85.7 Å². The van der Waals surface area contributed by atoms with E-state index in [4.69, 9.17) is 35.7 Å². The third-order valence-electron chi connectivity index (χ3n) is 8.17. The van der Waals surface area contributed by atoms with Gasteiger partial charge in [0, 0.05) is 17.2 Å². The van der Waals surface area contributed by atoms with Crippen LogP contribution in [-0.2, 0) is 35.3 Å². The van der Waals surface area contributed by atoms with E-state index in [2.05, 4.69) is 15.0 Å². The number of hydrogen-bond acceptors (Lipinski definition) is 14. The Morgan fingerprint density at radius 3 is 2.10 bits per heavy atom. The summed E-state index contributed by atoms with van der Waals surface area (Å²) in [6.07, 6.45) is 0.339. The molecule has 2 aromatic heterocycles. The van der Waals surface area contributed by atoms with Gasteiger partial charge in [0.2, 0.25) is 17.7 Å². The zero-order chi connectivity index (χ0) is 43.7. The van der Waals surface area contributed by atoms with Crippen LogP contribution in [0.4, 0.5) is 34.0 Å². The van der Waals surface area contributed by atoms with E-state index in [1.165, 1.54) is 31.1 Å². The highest BCUT2D eigenvalue weighted by molar-refractivity contribution is 7.90. The van der Waals surface area contributed by atoms with Crippen LogP contribution in [0.25, 0.3) is 0 Å². The first-order valence-electron chi connectivity index (χ1n) is 17.3. The Morgan fingerprint density at radius 2 is 1.56 bits per heavy atom. The van der Waals surface area contributed by atoms with Crippen molar-refractivity contribution >= 4 is 63.0 Å². The molecule has 18 nitrogen and oxygen atoms in total. The summed E-state index contributed by atoms with van der Waals surface area (Å²) >= 11 is 6.02. The van der Waals surface area contributed by atoms with Crippen molar-refractivity contribution in [1.82, 2.24) is 19.7 Å². The molecule has 0 spiro atoms. The van der Waals surface area contributed by atoms with E-state index < -0.39 is 80.6 Å². The highest BCUT2D eigenvalue weighted by Gasteiger charge is 2.41. The number of methoxy groups -OCH3 is 2. The number of amides is 4. The fourth-order valence-corrected chi connectivity index (χ4v) is 6.67. The van der Waals surface area contributed by atoms with Crippen LogP contribution in [0, 0.1) is 5.82 Å². The first-order valence-corrected chi connectivity index (χ1v) is 19.2. The Hall–Kier alpha value is -6.10. The number of anilines is 2. The van der Waals surface area contributed by atoms with E-state index in [0.29, 0.717) is 42.7 Å². The van der Waals surface area contributed by atoms with Gasteiger partial charge in [-0.05, 0) is 50.3 Å². The Kier molecular flexibility index (Phi) is 15.1. The maximum absolute atomic E-state index is 14.5. The van der Waals surface area contributed by atoms with E-state index in [0.717, 1.165) is 43.1 Å². The number of carboxylic acids is 1. The van der Waals surface area contributed by atoms with Crippen molar-refractivity contribution in [3.8, 4) is 17.5 Å². The second-order valence-electron chi connectivity index (χ2n) is 12.2. The standard InChI is InChI=1S/C21H23ClFNO5.C14H12F3N5O7S/c1-2-3-6-9-28-19(25)12-29-18-11-17(16(23)10-15(18)22)24-20(26)13-7-4-5-8-14(13)21(24)27;1-28-8-5-9(29-2)20-12(19-8)21-13(25)22-30(26,27)10-6(11(23)24)3-4-7(18-10)14(15,16)17/h10-11H,2-9,12H2,1H3;3-5H,1-2H3,(H,23,24)(H2,19,20,21,22,25). The van der Waals surface area contributed by atoms with Crippen LogP contribution < -0.4 is 29.1 Å². The highest BCUT2D eigenvalue weighted by atomic mass is 35.5. The number of ether oxygens (including phenoxy) is 4. The average Bonchev–Trinajstić information content (AvgIpc) is 3.43. The predicted octanol–water partition coefficient (Wildman–Crippen LogP) is 5.45. The SMILES string of the molecule is CCCCCOC(=O)COc1cc(N2C(=O)C3=C(CCCC3)C2=O)c(F)cc1Cl.COc1cc(OC)nc(NC(=O)NS(=O)(=O)c2nc(C(F)(F)F)ccc2C(=O)O)n1. The number of hydrogen-bond donors (Lipinski definition) is 3. The predicted molar refractivity (Wildman–Crippen MR) is 196 cm³/mol. The molecule has 1 aromatic carbocycles. The molecule has 0 saturated heterocycles. The van der Waals surface area contributed by atoms with Gasteiger partial charge < -0.3 is 24.1 Å². The lowest BCUT2D eigenvalue weighted by Crippen LogP contribution is -2.36. The summed E-state index contributed by atoms with van der Waals surface area (Å²) in [5.41, 5.74) is -2.08. The van der Waals surface area contributed by atoms with Gasteiger partial charge in [-0.3, -0.25) is 14.9 Å². The number of aromatic nitrogens is 3. The zero-order valence-corrected chi connectivity index (χ0v) is 32.8. The molecule has 24 heteroatoms. The number of carboxylic acid groups (broad SMARTS) is 1. The number of pyridine rings is 1. The number of carbonyl (C=O) groups is 5. The van der Waals surface area contributed by atoms with Crippen molar-refractivity contribution in [2.75, 3.05) is 37.7 Å². The smallest absolute Gasteiger partial charge is 0.433 e. The molecular formula is C35H35ClF4N6O12S. The Bertz CT molecular complexity index is 2230. The molecule has 0 radical (unpaired) electrons. The number of benzene rings is 1. The maximum atomic E-state index is 14.5. The van der Waals surface area contributed by atoms with Gasteiger partial charge in [-0.15, -0.1) is 0 Å². The van der Waals surface area contributed by atoms with Crippen molar-refractivity contribution in [2.45, 2.75) is 63.1 Å². The molecule has 3 aromatic rings. The fourth-order valence-electron chi connectivity index (χ4n) is 5.41. The molecule has 318 valence electrons. The third kappa shape index (κ3) is 11.5. The number of nitrogens with one attached hydrogen (secondary N) is 2. The fraction of sp³-hybridized carbons (Fsp3) is 0.371. The number of alkyl halides is 3. The van der Waals surface area contributed by atoms with Crippen LogP contribution >= 0.6 is 11.6 Å². The molecule has 3 heterocycles. The molecular weight excluding hydrogens is 840 g/mol. The number of imide groups is 1. The van der Waals surface area contributed by atoms with Crippen LogP contribution in [0.2, 0.25) is 5.02 Å². The van der Waals surface area contributed by atoms with Crippen molar-refractivity contribution in [3.05, 3.63) is 63.6 Å². The maximum Gasteiger partial charge on any atom is 0.433 e. The number of nitrogens with zero attached hydrogens (tertiary/aromatic N) is 4. The van der Waals surface area contributed by atoms with Crippen LogP contribution in [0.1, 0.15) is 67.9 Å². The Labute approximate surface area is 337 Å². The summed E-state index contributed by atoms with van der Waals surface area (Å²) in [7, 11) is -2.66. The van der Waals surface area contributed by atoms with Crippen LogP contribution in [0.3, 0.4) is 0 Å². The van der Waals surface area contributed by atoms with E-state index >= 15 is 0 Å². The third-order valence-corrected chi connectivity index (χ3v) is 9.74. The Balaban J connectivity index is 0.000000261. The van der Waals surface area contributed by atoms with Gasteiger partial charge in [0.25, 0.3) is 21.8 Å². The first kappa shape index (κ1) is 45.6. The van der Waals surface area contributed by atoms with Crippen LogP contribution in [0.15, 0.2) is 46.5 Å². The molecule has 0 unspecified atom stereocenters. The second-order valence-corrected chi connectivity index (χ2v) is 14.3. The molecule has 1 aliphatic heterocycles. The summed E-state index contributed by atoms with van der Waals surface area (Å²) in [6.45, 7) is 1.93. The van der Waals surface area contributed by atoms with Gasteiger partial charge in [0.1, 0.15) is 17.3 Å². The highest BCUT2D eigenvalue weighted by Crippen LogP contribution is 2.39. The monoisotopic (exact) mass is 874 g/mol. The van der Waals surface area contributed by atoms with Gasteiger partial charge in [0.15, 0.2) is 11.6 Å². The first-order chi connectivity index (χ1) is 27.8. The van der Waals surface area contributed by atoms with Gasteiger partial charge >= 0.3 is 24.1 Å². The minimum atomic E-state index is -5.14. The summed E-state index contributed by atoms with van der Waals surface area (Å²) < 4.78 is 99.1. The molecule has 2 aliphatic rings. The van der Waals surface area contributed by atoms with Crippen molar-refractivity contribution in [1.29, 1.82) is 0 Å². The number of unbranched alkanes of at least 4 members (excludes halogenated alkanes) is 2. The number of carbonyl (C=O) groups excluding carboxylic acids is 4. The molecule has 3 N–H and O–H groups in total. The minimum Gasteiger partial charge on any atom is -0.481 e. The average molecular weight is 875 g/mol. The largest absolute Gasteiger partial charge is 0.481 e. The van der Waals surface area contributed by atoms with E-state index in [9.17, 15) is 50.0 Å². The van der Waals surface area contributed by atoms with Gasteiger partial charge in [-0.2, -0.15) is 31.6 Å². The summed E-state index contributed by atoms with van der Waals surface area (Å²) in [6, 6.07) is 2.57. The van der Waals surface area contributed by atoms with Gasteiger partial charge in [-0.25, -0.2) is 33.4 Å². The molecule has 1 aliphatic carbocycles. The summed E-state index contributed by atoms with van der Waals surface area (Å²) in [5.74, 6) is -4.88.